The summed E-state index contributed by atoms with van der Waals surface area (Å²) in [5.74, 6) is 0. The van der Waals surface area contributed by atoms with E-state index in [1.165, 1.54) is 22.3 Å². The third-order valence-corrected chi connectivity index (χ3v) is 9.58. The monoisotopic (exact) mass is 493 g/mol. The Morgan fingerprint density at radius 1 is 0.583 bits per heavy atom. The Morgan fingerprint density at radius 3 is 1.39 bits per heavy atom. The predicted molar refractivity (Wildman–Crippen MR) is 155 cm³/mol. The summed E-state index contributed by atoms with van der Waals surface area (Å²) < 4.78 is 0. The Balaban J connectivity index is 1.77. The molecule has 4 aromatic rings. The fourth-order valence-corrected chi connectivity index (χ4v) is 7.78. The first-order valence-corrected chi connectivity index (χ1v) is 16.6. The van der Waals surface area contributed by atoms with Crippen LogP contribution in [0.2, 0.25) is 19.6 Å². The number of aliphatic hydroxyl groups excluding tert-OH is 1. The Labute approximate surface area is 218 Å². The lowest BCUT2D eigenvalue weighted by Gasteiger charge is -2.42. The molecule has 3 atom stereocenters. The second-order valence-electron chi connectivity index (χ2n) is 10.9. The van der Waals surface area contributed by atoms with E-state index in [9.17, 15) is 5.11 Å². The van der Waals surface area contributed by atoms with Gasteiger partial charge in [-0.3, -0.25) is 4.90 Å². The van der Waals surface area contributed by atoms with Gasteiger partial charge in [0.1, 0.15) is 0 Å². The first-order chi connectivity index (χ1) is 17.4. The van der Waals surface area contributed by atoms with Gasteiger partial charge in [-0.1, -0.05) is 141 Å². The number of nitrogens with zero attached hydrogens (tertiary/aromatic N) is 1. The highest BCUT2D eigenvalue weighted by molar-refractivity contribution is 6.77. The van der Waals surface area contributed by atoms with E-state index >= 15 is 0 Å². The molecule has 0 aliphatic heterocycles. The van der Waals surface area contributed by atoms with Gasteiger partial charge in [-0.2, -0.15) is 0 Å². The molecular weight excluding hydrogens is 454 g/mol. The molecule has 3 heteroatoms. The molecule has 0 bridgehead atoms. The fourth-order valence-electron chi connectivity index (χ4n) is 5.34. The Bertz CT molecular complexity index is 1120. The summed E-state index contributed by atoms with van der Waals surface area (Å²) in [5, 5.41) is 12.3. The summed E-state index contributed by atoms with van der Waals surface area (Å²) in [6, 6.07) is 42.6. The average Bonchev–Trinajstić information content (AvgIpc) is 2.89. The Kier molecular flexibility index (Phi) is 8.92. The molecule has 4 aromatic carbocycles. The van der Waals surface area contributed by atoms with Gasteiger partial charge in [-0.05, 0) is 28.7 Å². The van der Waals surface area contributed by atoms with Crippen LogP contribution in [0.4, 0.5) is 0 Å². The number of rotatable bonds is 11. The van der Waals surface area contributed by atoms with Crippen molar-refractivity contribution in [1.82, 2.24) is 4.90 Å². The van der Waals surface area contributed by atoms with Crippen molar-refractivity contribution in [1.29, 1.82) is 0 Å². The van der Waals surface area contributed by atoms with Crippen LogP contribution in [0, 0.1) is 0 Å². The topological polar surface area (TPSA) is 23.5 Å². The van der Waals surface area contributed by atoms with E-state index < -0.39 is 14.2 Å². The highest BCUT2D eigenvalue weighted by atomic mass is 28.3. The summed E-state index contributed by atoms with van der Waals surface area (Å²) in [6.45, 7) is 8.72. The van der Waals surface area contributed by atoms with Crippen LogP contribution in [-0.2, 0) is 19.5 Å². The SMILES string of the molecule is C[Si](C)(C)[C@H](c1ccccc1)[C@@H](O)[C@H](Cc1ccccc1)N(Cc1ccccc1)Cc1ccccc1. The molecule has 0 spiro atoms. The summed E-state index contributed by atoms with van der Waals surface area (Å²) in [4.78, 5) is 2.50. The van der Waals surface area contributed by atoms with Gasteiger partial charge in [0, 0.05) is 24.7 Å². The molecule has 1 N–H and O–H groups in total. The highest BCUT2D eigenvalue weighted by Crippen LogP contribution is 2.35. The summed E-state index contributed by atoms with van der Waals surface area (Å²) in [7, 11) is -1.78. The summed E-state index contributed by atoms with van der Waals surface area (Å²) in [6.07, 6.45) is 0.307. The quantitative estimate of drug-likeness (QED) is 0.221. The number of hydrogen-bond donors (Lipinski definition) is 1. The van der Waals surface area contributed by atoms with Crippen LogP contribution < -0.4 is 0 Å². The van der Waals surface area contributed by atoms with Crippen molar-refractivity contribution >= 4 is 8.07 Å². The molecule has 186 valence electrons. The normalized spacial score (nSPS) is 14.4. The third-order valence-electron chi connectivity index (χ3n) is 7.04. The van der Waals surface area contributed by atoms with Gasteiger partial charge < -0.3 is 5.11 Å². The maximum atomic E-state index is 12.3. The molecule has 0 saturated carbocycles. The molecule has 0 unspecified atom stereocenters. The average molecular weight is 494 g/mol. The van der Waals surface area contributed by atoms with Gasteiger partial charge in [-0.25, -0.2) is 0 Å². The molecule has 0 aromatic heterocycles. The minimum atomic E-state index is -1.78. The van der Waals surface area contributed by atoms with Gasteiger partial charge in [0.2, 0.25) is 0 Å². The van der Waals surface area contributed by atoms with E-state index in [2.05, 4.69) is 146 Å². The molecule has 0 fully saturated rings. The molecule has 0 saturated heterocycles. The number of benzene rings is 4. The van der Waals surface area contributed by atoms with Gasteiger partial charge in [0.05, 0.1) is 14.2 Å². The van der Waals surface area contributed by atoms with Crippen molar-refractivity contribution in [2.24, 2.45) is 0 Å². The summed E-state index contributed by atoms with van der Waals surface area (Å²) >= 11 is 0. The van der Waals surface area contributed by atoms with Crippen molar-refractivity contribution in [3.05, 3.63) is 144 Å². The van der Waals surface area contributed by atoms with Crippen molar-refractivity contribution in [2.45, 2.75) is 56.8 Å². The first-order valence-electron chi connectivity index (χ1n) is 13.0. The fraction of sp³-hybridized carbons (Fsp3) is 0.273. The number of hydrogen-bond acceptors (Lipinski definition) is 2. The lowest BCUT2D eigenvalue weighted by Crippen LogP contribution is -2.52. The minimum absolute atomic E-state index is 0.0373. The second-order valence-corrected chi connectivity index (χ2v) is 16.2. The zero-order valence-corrected chi connectivity index (χ0v) is 22.8. The zero-order valence-electron chi connectivity index (χ0n) is 21.8. The van der Waals surface area contributed by atoms with E-state index in [-0.39, 0.29) is 11.6 Å². The van der Waals surface area contributed by atoms with Crippen molar-refractivity contribution in [2.75, 3.05) is 0 Å². The lowest BCUT2D eigenvalue weighted by atomic mass is 9.93. The molecule has 0 aliphatic carbocycles. The van der Waals surface area contributed by atoms with Gasteiger partial charge >= 0.3 is 0 Å². The standard InChI is InChI=1S/C33H39NOSi/c1-36(2,3)33(30-22-14-7-15-23-30)32(35)31(24-27-16-8-4-9-17-27)34(25-28-18-10-5-11-19-28)26-29-20-12-6-13-21-29/h4-23,31-33,35H,24-26H2,1-3H3/t31-,32-,33+/m0/s1. The molecule has 0 aliphatic rings. The molecule has 2 nitrogen and oxygen atoms in total. The molecule has 0 radical (unpaired) electrons. The molecule has 4 rings (SSSR count). The van der Waals surface area contributed by atoms with Crippen LogP contribution in [0.25, 0.3) is 0 Å². The lowest BCUT2D eigenvalue weighted by molar-refractivity contribution is 0.0344. The number of aliphatic hydroxyl groups is 1. The van der Waals surface area contributed by atoms with Crippen LogP contribution in [0.15, 0.2) is 121 Å². The smallest absolute Gasteiger partial charge is 0.0743 e. The summed E-state index contributed by atoms with van der Waals surface area (Å²) in [5.41, 5.74) is 5.17. The third kappa shape index (κ3) is 7.04. The van der Waals surface area contributed by atoms with Crippen LogP contribution in [0.1, 0.15) is 27.8 Å². The van der Waals surface area contributed by atoms with Crippen molar-refractivity contribution in [3.63, 3.8) is 0 Å². The van der Waals surface area contributed by atoms with E-state index in [4.69, 9.17) is 0 Å². The van der Waals surface area contributed by atoms with Gasteiger partial charge in [0.15, 0.2) is 0 Å². The van der Waals surface area contributed by atoms with Gasteiger partial charge in [0.25, 0.3) is 0 Å². The predicted octanol–water partition coefficient (Wildman–Crippen LogP) is 7.32. The van der Waals surface area contributed by atoms with Crippen LogP contribution >= 0.6 is 0 Å². The van der Waals surface area contributed by atoms with E-state index in [1.807, 2.05) is 0 Å². The van der Waals surface area contributed by atoms with E-state index in [0.717, 1.165) is 19.5 Å². The second kappa shape index (κ2) is 12.3. The van der Waals surface area contributed by atoms with Crippen LogP contribution in [0.5, 0.6) is 0 Å². The molecule has 36 heavy (non-hydrogen) atoms. The molecular formula is C33H39NOSi. The Hall–Kier alpha value is -2.98. The molecule has 0 heterocycles. The van der Waals surface area contributed by atoms with Crippen molar-refractivity contribution < 1.29 is 5.11 Å². The van der Waals surface area contributed by atoms with Gasteiger partial charge in [-0.15, -0.1) is 0 Å². The largest absolute Gasteiger partial charge is 0.391 e. The van der Waals surface area contributed by atoms with E-state index in [1.54, 1.807) is 0 Å². The first kappa shape index (κ1) is 26.1. The van der Waals surface area contributed by atoms with Crippen molar-refractivity contribution in [3.8, 4) is 0 Å². The zero-order chi connectivity index (χ0) is 25.4. The molecule has 0 amide bonds. The maximum absolute atomic E-state index is 12.3. The minimum Gasteiger partial charge on any atom is -0.391 e. The Morgan fingerprint density at radius 2 is 0.972 bits per heavy atom. The van der Waals surface area contributed by atoms with Crippen LogP contribution in [0.3, 0.4) is 0 Å². The highest BCUT2D eigenvalue weighted by Gasteiger charge is 2.40. The maximum Gasteiger partial charge on any atom is 0.0743 e. The van der Waals surface area contributed by atoms with Crippen LogP contribution in [-0.4, -0.2) is 30.2 Å². The van der Waals surface area contributed by atoms with E-state index in [0.29, 0.717) is 0 Å².